The van der Waals surface area contributed by atoms with Crippen molar-refractivity contribution in [2.24, 2.45) is 5.41 Å². The number of allylic oxidation sites excluding steroid dienone is 3. The number of hydrogen-bond acceptors (Lipinski definition) is 2. The SMILES string of the molecule is Cc1ccccc1/C=C(\CC1CCC23C=CCCC2(C3)S1)N(c1ccccc1)c1ccc2cc(-c3ccc4c5c(cccc35)-c3ccccc3-4)ccc2c1. The largest absolute Gasteiger partial charge is 0.314 e. The maximum absolute atomic E-state index is 2.59. The van der Waals surface area contributed by atoms with Gasteiger partial charge in [0.05, 0.1) is 0 Å². The first-order valence-corrected chi connectivity index (χ1v) is 20.6. The first kappa shape index (κ1) is 32.1. The van der Waals surface area contributed by atoms with Gasteiger partial charge in [-0.05, 0) is 148 Å². The zero-order valence-electron chi connectivity index (χ0n) is 30.8. The molecular weight excluding hydrogens is 671 g/mol. The minimum atomic E-state index is 0.464. The predicted octanol–water partition coefficient (Wildman–Crippen LogP) is 14.6. The van der Waals surface area contributed by atoms with Gasteiger partial charge in [0, 0.05) is 32.5 Å². The van der Waals surface area contributed by atoms with E-state index in [2.05, 4.69) is 187 Å². The number of nitrogens with zero attached hydrogens (tertiary/aromatic N) is 1. The summed E-state index contributed by atoms with van der Waals surface area (Å²) >= 11 is 2.32. The van der Waals surface area contributed by atoms with Crippen molar-refractivity contribution in [1.29, 1.82) is 0 Å². The fourth-order valence-electron chi connectivity index (χ4n) is 10.2. The summed E-state index contributed by atoms with van der Waals surface area (Å²) in [7, 11) is 0. The summed E-state index contributed by atoms with van der Waals surface area (Å²) in [6, 6.07) is 54.3. The Balaban J connectivity index is 0.994. The predicted molar refractivity (Wildman–Crippen MR) is 232 cm³/mol. The number of rotatable bonds is 7. The van der Waals surface area contributed by atoms with Gasteiger partial charge in [0.25, 0.3) is 0 Å². The Kier molecular flexibility index (Phi) is 7.36. The molecule has 54 heavy (non-hydrogen) atoms. The van der Waals surface area contributed by atoms with Crippen LogP contribution in [-0.2, 0) is 0 Å². The molecule has 0 N–H and O–H groups in total. The maximum Gasteiger partial charge on any atom is 0.0464 e. The third-order valence-corrected chi connectivity index (χ3v) is 15.0. The number of thioether (sulfide) groups is 1. The highest BCUT2D eigenvalue weighted by Gasteiger charge is 2.68. The van der Waals surface area contributed by atoms with Crippen LogP contribution in [0.25, 0.3) is 61.0 Å². The van der Waals surface area contributed by atoms with Crippen molar-refractivity contribution >= 4 is 50.8 Å². The fraction of sp³-hybridized carbons (Fsp3) is 0.192. The molecule has 2 fully saturated rings. The normalized spacial score (nSPS) is 22.2. The van der Waals surface area contributed by atoms with Crippen LogP contribution in [0.3, 0.4) is 0 Å². The van der Waals surface area contributed by atoms with Crippen molar-refractivity contribution in [3.05, 3.63) is 175 Å². The quantitative estimate of drug-likeness (QED) is 0.151. The van der Waals surface area contributed by atoms with Crippen LogP contribution < -0.4 is 4.90 Å². The lowest BCUT2D eigenvalue weighted by atomic mass is 9.88. The van der Waals surface area contributed by atoms with E-state index in [4.69, 9.17) is 0 Å². The van der Waals surface area contributed by atoms with E-state index < -0.39 is 0 Å². The van der Waals surface area contributed by atoms with Gasteiger partial charge >= 0.3 is 0 Å². The molecule has 3 atom stereocenters. The molecule has 3 unspecified atom stereocenters. The van der Waals surface area contributed by atoms with Crippen molar-refractivity contribution in [2.75, 3.05) is 4.90 Å². The topological polar surface area (TPSA) is 3.24 Å². The third kappa shape index (κ3) is 5.07. The fourth-order valence-corrected chi connectivity index (χ4v) is 12.3. The first-order chi connectivity index (χ1) is 26.6. The Morgan fingerprint density at radius 2 is 1.43 bits per heavy atom. The van der Waals surface area contributed by atoms with Crippen LogP contribution in [0.5, 0.6) is 0 Å². The standard InChI is InChI=1S/C52H43NS/c1-35-12-5-6-13-36(35)31-42(33-43-26-29-51-27-9-10-28-52(51,34-51)54-43)53(40-14-3-2-4-15-40)41-23-22-37-30-39(21-20-38(37)32-41)44-24-25-49-46-17-8-7-16-45(46)48-19-11-18-47(44)50(48)49/h2-9,11-25,27,30-32,43H,10,26,28-29,33-34H2,1H3/b42-31+. The lowest BCUT2D eigenvalue weighted by Crippen LogP contribution is -2.29. The second-order valence-corrected chi connectivity index (χ2v) is 17.8. The number of para-hydroxylation sites is 1. The van der Waals surface area contributed by atoms with Crippen LogP contribution in [0.2, 0.25) is 0 Å². The molecule has 7 aromatic carbocycles. The molecule has 7 aromatic rings. The van der Waals surface area contributed by atoms with Crippen LogP contribution in [0.1, 0.15) is 49.7 Å². The number of anilines is 2. The molecule has 1 saturated heterocycles. The van der Waals surface area contributed by atoms with Crippen LogP contribution in [0, 0.1) is 12.3 Å². The Bertz CT molecular complexity index is 2660. The monoisotopic (exact) mass is 713 g/mol. The maximum atomic E-state index is 2.59. The molecular formula is C52H43NS. The molecule has 3 aliphatic carbocycles. The molecule has 1 nitrogen and oxygen atoms in total. The Labute approximate surface area is 323 Å². The van der Waals surface area contributed by atoms with E-state index >= 15 is 0 Å². The highest BCUT2D eigenvalue weighted by molar-refractivity contribution is 8.01. The molecule has 1 saturated carbocycles. The van der Waals surface area contributed by atoms with Gasteiger partial charge in [-0.2, -0.15) is 11.8 Å². The van der Waals surface area contributed by atoms with E-state index in [1.165, 1.54) is 115 Å². The van der Waals surface area contributed by atoms with Gasteiger partial charge in [0.2, 0.25) is 0 Å². The van der Waals surface area contributed by atoms with Gasteiger partial charge < -0.3 is 4.90 Å². The molecule has 2 heteroatoms. The van der Waals surface area contributed by atoms with Crippen molar-refractivity contribution in [2.45, 2.75) is 55.4 Å². The lowest BCUT2D eigenvalue weighted by Gasteiger charge is -2.37. The van der Waals surface area contributed by atoms with Crippen LogP contribution in [0.15, 0.2) is 163 Å². The molecule has 1 heterocycles. The highest BCUT2D eigenvalue weighted by Crippen LogP contribution is 2.75. The Hall–Kier alpha value is -5.31. The van der Waals surface area contributed by atoms with Crippen molar-refractivity contribution in [3.8, 4) is 33.4 Å². The summed E-state index contributed by atoms with van der Waals surface area (Å²) in [5, 5.41) is 5.82. The number of hydrogen-bond donors (Lipinski definition) is 0. The molecule has 11 rings (SSSR count). The Morgan fingerprint density at radius 3 is 2.30 bits per heavy atom. The molecule has 0 amide bonds. The Morgan fingerprint density at radius 1 is 0.685 bits per heavy atom. The zero-order valence-corrected chi connectivity index (χ0v) is 31.6. The average molecular weight is 714 g/mol. The smallest absolute Gasteiger partial charge is 0.0464 e. The number of fused-ring (bicyclic) bond motifs is 4. The third-order valence-electron chi connectivity index (χ3n) is 13.0. The van der Waals surface area contributed by atoms with Gasteiger partial charge in [-0.3, -0.25) is 0 Å². The van der Waals surface area contributed by atoms with Gasteiger partial charge in [-0.1, -0.05) is 127 Å². The van der Waals surface area contributed by atoms with Gasteiger partial charge in [-0.15, -0.1) is 0 Å². The minimum Gasteiger partial charge on any atom is -0.314 e. The molecule has 262 valence electrons. The minimum absolute atomic E-state index is 0.464. The summed E-state index contributed by atoms with van der Waals surface area (Å²) in [5.41, 5.74) is 14.8. The van der Waals surface area contributed by atoms with Gasteiger partial charge in [-0.25, -0.2) is 0 Å². The summed E-state index contributed by atoms with van der Waals surface area (Å²) < 4.78 is 0.464. The van der Waals surface area contributed by atoms with E-state index in [1.54, 1.807) is 0 Å². The summed E-state index contributed by atoms with van der Waals surface area (Å²) in [6.07, 6.45) is 15.1. The second-order valence-electron chi connectivity index (χ2n) is 16.1. The molecule has 0 aromatic heterocycles. The lowest BCUT2D eigenvalue weighted by molar-refractivity contribution is 0.460. The average Bonchev–Trinajstić information content (AvgIpc) is 3.81. The van der Waals surface area contributed by atoms with Gasteiger partial charge in [0.1, 0.15) is 0 Å². The van der Waals surface area contributed by atoms with E-state index in [9.17, 15) is 0 Å². The summed E-state index contributed by atoms with van der Waals surface area (Å²) in [4.78, 5) is 2.55. The highest BCUT2D eigenvalue weighted by atomic mass is 32.2. The van der Waals surface area contributed by atoms with E-state index in [0.717, 1.165) is 6.42 Å². The summed E-state index contributed by atoms with van der Waals surface area (Å²) in [5.74, 6) is 0. The molecule has 0 spiro atoms. The van der Waals surface area contributed by atoms with Gasteiger partial charge in [0.15, 0.2) is 0 Å². The van der Waals surface area contributed by atoms with E-state index in [-0.39, 0.29) is 0 Å². The number of benzene rings is 7. The van der Waals surface area contributed by atoms with Crippen molar-refractivity contribution in [3.63, 3.8) is 0 Å². The van der Waals surface area contributed by atoms with Crippen molar-refractivity contribution < 1.29 is 0 Å². The van der Waals surface area contributed by atoms with Crippen LogP contribution in [0.4, 0.5) is 11.4 Å². The summed E-state index contributed by atoms with van der Waals surface area (Å²) in [6.45, 7) is 2.24. The molecule has 4 aliphatic rings. The first-order valence-electron chi connectivity index (χ1n) is 19.7. The molecule has 0 bridgehead atoms. The number of aryl methyl sites for hydroxylation is 1. The van der Waals surface area contributed by atoms with E-state index in [1.807, 2.05) is 0 Å². The van der Waals surface area contributed by atoms with Crippen LogP contribution in [-0.4, -0.2) is 10.00 Å². The van der Waals surface area contributed by atoms with Crippen LogP contribution >= 0.6 is 11.8 Å². The zero-order chi connectivity index (χ0) is 35.9. The van der Waals surface area contributed by atoms with E-state index in [0.29, 0.717) is 15.4 Å². The molecule has 0 radical (unpaired) electrons. The van der Waals surface area contributed by atoms with Crippen molar-refractivity contribution in [1.82, 2.24) is 0 Å². The second kappa shape index (κ2) is 12.4. The molecule has 1 aliphatic heterocycles.